The number of hydrogen-bond acceptors (Lipinski definition) is 9. The number of nitrogens with zero attached hydrogens (tertiary/aromatic N) is 7. The summed E-state index contributed by atoms with van der Waals surface area (Å²) in [5.41, 5.74) is -6.98. The molecular formula is C36H30F7N9O4S. The van der Waals surface area contributed by atoms with Crippen LogP contribution in [0.5, 0.6) is 0 Å². The molecule has 6 rings (SSSR count). The molecule has 1 amide bonds. The highest BCUT2D eigenvalue weighted by molar-refractivity contribution is 7.92. The van der Waals surface area contributed by atoms with Crippen LogP contribution >= 0.6 is 0 Å². The van der Waals surface area contributed by atoms with Crippen LogP contribution in [0, 0.1) is 34.8 Å². The molecule has 298 valence electrons. The first kappa shape index (κ1) is 40.6. The molecule has 3 aromatic heterocycles. The van der Waals surface area contributed by atoms with Crippen molar-refractivity contribution in [3.05, 3.63) is 88.3 Å². The number of aliphatic imine (C=N–C) groups is 1. The number of halogens is 7. The average molecular weight is 818 g/mol. The number of sulfonamides is 1. The third-order valence-electron chi connectivity index (χ3n) is 8.60. The smallest absolute Gasteiger partial charge is 0.378 e. The SMILES string of the molecule is C[C@@H]1C(=N)c2c(C(F)(F)F)nn(CC(=O)N=C(Cc3cc(F)cc(F)c3)c3nc(C#CC(C)(C)O)ncc3-c3cccc4c(NS(C)(=O)=O)nn(C)c34)c2C1(F)F. The lowest BCUT2D eigenvalue weighted by Gasteiger charge is -2.17. The van der Waals surface area contributed by atoms with Crippen LogP contribution in [0.4, 0.5) is 36.6 Å². The van der Waals surface area contributed by atoms with E-state index in [9.17, 15) is 40.3 Å². The lowest BCUT2D eigenvalue weighted by molar-refractivity contribution is -0.141. The van der Waals surface area contributed by atoms with Gasteiger partial charge in [-0.3, -0.25) is 18.9 Å². The number of carbonyl (C=O) groups excluding carboxylic acids is 1. The molecule has 0 radical (unpaired) electrons. The van der Waals surface area contributed by atoms with E-state index in [2.05, 4.69) is 41.7 Å². The number of fused-ring (bicyclic) bond motifs is 2. The summed E-state index contributed by atoms with van der Waals surface area (Å²) in [6, 6.07) is 7.01. The first-order valence-corrected chi connectivity index (χ1v) is 18.5. The van der Waals surface area contributed by atoms with E-state index >= 15 is 8.78 Å². The van der Waals surface area contributed by atoms with Gasteiger partial charge in [-0.05, 0) is 43.5 Å². The van der Waals surface area contributed by atoms with Crippen LogP contribution in [0.15, 0.2) is 47.6 Å². The molecule has 0 saturated carbocycles. The molecular weight excluding hydrogens is 788 g/mol. The number of para-hydroxylation sites is 1. The fourth-order valence-corrected chi connectivity index (χ4v) is 6.74. The minimum Gasteiger partial charge on any atom is -0.378 e. The van der Waals surface area contributed by atoms with Gasteiger partial charge in [0.25, 0.3) is 11.8 Å². The molecule has 1 aliphatic carbocycles. The number of alkyl halides is 5. The number of anilines is 1. The number of nitrogens with one attached hydrogen (secondary N) is 2. The molecule has 0 fully saturated rings. The van der Waals surface area contributed by atoms with Gasteiger partial charge in [0, 0.05) is 42.2 Å². The lowest BCUT2D eigenvalue weighted by atomic mass is 9.97. The number of benzene rings is 2. The topological polar surface area (TPSA) is 181 Å². The Kier molecular flexibility index (Phi) is 10.1. The van der Waals surface area contributed by atoms with Crippen molar-refractivity contribution in [3.63, 3.8) is 0 Å². The van der Waals surface area contributed by atoms with Crippen LogP contribution in [-0.2, 0) is 46.9 Å². The molecule has 0 aliphatic heterocycles. The Hall–Kier alpha value is -6.01. The van der Waals surface area contributed by atoms with Crippen LogP contribution in [-0.4, -0.2) is 72.2 Å². The fraction of sp³-hybridized carbons (Fsp3) is 0.306. The van der Waals surface area contributed by atoms with Gasteiger partial charge in [-0.2, -0.15) is 32.1 Å². The summed E-state index contributed by atoms with van der Waals surface area (Å²) in [6.07, 6.45) is -3.72. The zero-order valence-corrected chi connectivity index (χ0v) is 31.2. The number of amides is 1. The van der Waals surface area contributed by atoms with Gasteiger partial charge in [0.1, 0.15) is 29.5 Å². The van der Waals surface area contributed by atoms with Crippen molar-refractivity contribution >= 4 is 44.1 Å². The summed E-state index contributed by atoms with van der Waals surface area (Å²) >= 11 is 0. The zero-order chi connectivity index (χ0) is 42.0. The molecule has 1 atom stereocenters. The number of hydrogen-bond donors (Lipinski definition) is 3. The van der Waals surface area contributed by atoms with Crippen molar-refractivity contribution in [2.45, 2.75) is 51.4 Å². The molecule has 21 heteroatoms. The highest BCUT2D eigenvalue weighted by Crippen LogP contribution is 2.49. The maximum absolute atomic E-state index is 15.4. The number of aromatic nitrogens is 6. The summed E-state index contributed by atoms with van der Waals surface area (Å²) in [4.78, 5) is 26.6. The van der Waals surface area contributed by atoms with E-state index in [4.69, 9.17) is 5.41 Å². The molecule has 1 aliphatic rings. The number of aryl methyl sites for hydroxylation is 1. The van der Waals surface area contributed by atoms with E-state index in [1.54, 1.807) is 12.1 Å². The quantitative estimate of drug-likeness (QED) is 0.106. The molecule has 13 nitrogen and oxygen atoms in total. The van der Waals surface area contributed by atoms with Crippen molar-refractivity contribution in [1.29, 1.82) is 5.41 Å². The van der Waals surface area contributed by atoms with Crippen LogP contribution in [0.3, 0.4) is 0 Å². The van der Waals surface area contributed by atoms with Gasteiger partial charge in [-0.1, -0.05) is 25.0 Å². The van der Waals surface area contributed by atoms with Crippen molar-refractivity contribution in [1.82, 2.24) is 29.5 Å². The first-order valence-electron chi connectivity index (χ1n) is 16.6. The van der Waals surface area contributed by atoms with Gasteiger partial charge in [0.05, 0.1) is 40.4 Å². The van der Waals surface area contributed by atoms with Crippen molar-refractivity contribution in [2.24, 2.45) is 18.0 Å². The first-order chi connectivity index (χ1) is 26.3. The molecule has 0 unspecified atom stereocenters. The van der Waals surface area contributed by atoms with E-state index in [0.717, 1.165) is 25.3 Å². The fourth-order valence-electron chi connectivity index (χ4n) is 6.24. The predicted octanol–water partition coefficient (Wildman–Crippen LogP) is 5.39. The monoisotopic (exact) mass is 817 g/mol. The Balaban J connectivity index is 1.59. The summed E-state index contributed by atoms with van der Waals surface area (Å²) in [5, 5.41) is 26.1. The second-order valence-corrected chi connectivity index (χ2v) is 15.5. The number of rotatable bonds is 8. The van der Waals surface area contributed by atoms with Crippen LogP contribution in [0.25, 0.3) is 22.0 Å². The van der Waals surface area contributed by atoms with Gasteiger partial charge in [0.15, 0.2) is 11.5 Å². The summed E-state index contributed by atoms with van der Waals surface area (Å²) < 4.78 is 130. The molecule has 0 saturated heterocycles. The van der Waals surface area contributed by atoms with E-state index in [0.29, 0.717) is 6.07 Å². The molecule has 3 heterocycles. The predicted molar refractivity (Wildman–Crippen MR) is 192 cm³/mol. The summed E-state index contributed by atoms with van der Waals surface area (Å²) in [6.45, 7) is 2.30. The Morgan fingerprint density at radius 1 is 1.11 bits per heavy atom. The normalized spacial score (nSPS) is 15.8. The van der Waals surface area contributed by atoms with Gasteiger partial charge in [-0.25, -0.2) is 32.2 Å². The van der Waals surface area contributed by atoms with Crippen LogP contribution in [0.1, 0.15) is 54.8 Å². The van der Waals surface area contributed by atoms with Gasteiger partial charge < -0.3 is 10.5 Å². The maximum Gasteiger partial charge on any atom is 0.435 e. The molecule has 2 aromatic carbocycles. The van der Waals surface area contributed by atoms with Crippen LogP contribution < -0.4 is 4.72 Å². The second-order valence-electron chi connectivity index (χ2n) is 13.7. The third-order valence-corrected chi connectivity index (χ3v) is 9.16. The maximum atomic E-state index is 15.4. The number of carbonyl (C=O) groups is 1. The molecule has 5 aromatic rings. The zero-order valence-electron chi connectivity index (χ0n) is 30.4. The third kappa shape index (κ3) is 8.27. The molecule has 0 spiro atoms. The minimum atomic E-state index is -5.28. The summed E-state index contributed by atoms with van der Waals surface area (Å²) in [5.74, 6) is -4.63. The second kappa shape index (κ2) is 14.2. The Bertz CT molecular complexity index is 2690. The molecule has 0 bridgehead atoms. The van der Waals surface area contributed by atoms with E-state index < -0.39 is 92.5 Å². The van der Waals surface area contributed by atoms with Crippen molar-refractivity contribution in [3.8, 4) is 23.0 Å². The standard InChI is InChI=1S/C36H30F7N9O4S/c1-17-28(44)27-31(36(41,42)43)48-52(32(27)35(17,39)40)16-26(53)46-24(13-18-11-19(37)14-20(38)12-18)29-23(15-45-25(47-29)9-10-34(2,3)54)21-7-6-8-22-30(21)51(4)49-33(22)50-57(5,55)56/h6-8,11-12,14-15,17,44,54H,13,16H2,1-5H3,(H,49,50)/t17-/m1/s1. The van der Waals surface area contributed by atoms with Gasteiger partial charge in [-0.15, -0.1) is 0 Å². The highest BCUT2D eigenvalue weighted by atomic mass is 32.2. The van der Waals surface area contributed by atoms with E-state index in [-0.39, 0.29) is 49.6 Å². The average Bonchev–Trinajstić information content (AvgIpc) is 3.67. The summed E-state index contributed by atoms with van der Waals surface area (Å²) in [7, 11) is -2.32. The molecule has 57 heavy (non-hydrogen) atoms. The van der Waals surface area contributed by atoms with Gasteiger partial charge >= 0.3 is 6.18 Å². The number of aliphatic hydroxyl groups is 1. The Morgan fingerprint density at radius 3 is 2.39 bits per heavy atom. The van der Waals surface area contributed by atoms with Crippen LogP contribution in [0.2, 0.25) is 0 Å². The van der Waals surface area contributed by atoms with E-state index in [1.165, 1.54) is 37.8 Å². The Labute approximate surface area is 319 Å². The van der Waals surface area contributed by atoms with Crippen molar-refractivity contribution in [2.75, 3.05) is 11.0 Å². The Morgan fingerprint density at radius 2 is 1.77 bits per heavy atom. The highest BCUT2D eigenvalue weighted by Gasteiger charge is 2.57. The van der Waals surface area contributed by atoms with E-state index in [1.807, 2.05) is 0 Å². The lowest BCUT2D eigenvalue weighted by Crippen LogP contribution is -2.27. The largest absolute Gasteiger partial charge is 0.435 e. The van der Waals surface area contributed by atoms with Crippen molar-refractivity contribution < 1.29 is 49.1 Å². The van der Waals surface area contributed by atoms with Gasteiger partial charge in [0.2, 0.25) is 15.8 Å². The molecule has 3 N–H and O–H groups in total. The minimum absolute atomic E-state index is 0.0554.